The van der Waals surface area contributed by atoms with Gasteiger partial charge in [0.1, 0.15) is 11.6 Å². The zero-order valence-corrected chi connectivity index (χ0v) is 11.7. The van der Waals surface area contributed by atoms with Crippen LogP contribution in [0.1, 0.15) is 37.1 Å². The Morgan fingerprint density at radius 2 is 2.00 bits per heavy atom. The summed E-state index contributed by atoms with van der Waals surface area (Å²) in [6, 6.07) is 12.2. The van der Waals surface area contributed by atoms with Gasteiger partial charge in [0.25, 0.3) is 0 Å². The molecular weight excluding hydrogens is 250 g/mol. The summed E-state index contributed by atoms with van der Waals surface area (Å²) in [5.74, 6) is 2.94. The van der Waals surface area contributed by atoms with Gasteiger partial charge < -0.3 is 10.1 Å². The van der Waals surface area contributed by atoms with Crippen molar-refractivity contribution in [2.24, 2.45) is 0 Å². The van der Waals surface area contributed by atoms with Crippen molar-refractivity contribution in [1.82, 2.24) is 9.97 Å². The van der Waals surface area contributed by atoms with Gasteiger partial charge >= 0.3 is 0 Å². The van der Waals surface area contributed by atoms with Gasteiger partial charge in [-0.3, -0.25) is 0 Å². The minimum Gasteiger partial charge on any atom is -0.478 e. The Kier molecular flexibility index (Phi) is 3.81. The molecule has 1 aliphatic rings. The predicted molar refractivity (Wildman–Crippen MR) is 78.9 cm³/mol. The van der Waals surface area contributed by atoms with Gasteiger partial charge in [0, 0.05) is 18.5 Å². The number of anilines is 1. The van der Waals surface area contributed by atoms with E-state index < -0.39 is 0 Å². The molecule has 1 heterocycles. The Morgan fingerprint density at radius 3 is 2.70 bits per heavy atom. The van der Waals surface area contributed by atoms with Crippen LogP contribution in [0.15, 0.2) is 36.4 Å². The molecule has 1 aromatic carbocycles. The molecule has 4 nitrogen and oxygen atoms in total. The first-order valence-corrected chi connectivity index (χ1v) is 7.14. The minimum atomic E-state index is 0.521. The quantitative estimate of drug-likeness (QED) is 0.873. The van der Waals surface area contributed by atoms with Crippen LogP contribution >= 0.6 is 0 Å². The van der Waals surface area contributed by atoms with Crippen LogP contribution < -0.4 is 10.1 Å². The number of nitrogens with one attached hydrogen (secondary N) is 1. The van der Waals surface area contributed by atoms with Gasteiger partial charge in [-0.15, -0.1) is 0 Å². The summed E-state index contributed by atoms with van der Waals surface area (Å²) < 4.78 is 5.53. The molecule has 4 heteroatoms. The second kappa shape index (κ2) is 5.90. The summed E-state index contributed by atoms with van der Waals surface area (Å²) in [7, 11) is 0. The summed E-state index contributed by atoms with van der Waals surface area (Å²) in [6.07, 6.45) is 2.38. The van der Waals surface area contributed by atoms with Crippen molar-refractivity contribution >= 4 is 5.82 Å². The number of ether oxygens (including phenoxy) is 1. The smallest absolute Gasteiger partial charge is 0.218 e. The Morgan fingerprint density at radius 1 is 1.20 bits per heavy atom. The molecule has 2 aromatic rings. The van der Waals surface area contributed by atoms with E-state index in [2.05, 4.69) is 27.4 Å². The van der Waals surface area contributed by atoms with Crippen molar-refractivity contribution in [3.05, 3.63) is 47.8 Å². The van der Waals surface area contributed by atoms with E-state index in [4.69, 9.17) is 4.74 Å². The monoisotopic (exact) mass is 269 g/mol. The van der Waals surface area contributed by atoms with Crippen LogP contribution in [-0.2, 0) is 6.54 Å². The van der Waals surface area contributed by atoms with Gasteiger partial charge in [-0.1, -0.05) is 30.3 Å². The standard InChI is InChI=1S/C16H19N3O/c1-2-20-15-10-14(18-16(19-15)13-8-9-13)17-11-12-6-4-3-5-7-12/h3-7,10,13H,2,8-9,11H2,1H3,(H,17,18,19). The van der Waals surface area contributed by atoms with Crippen molar-refractivity contribution in [3.63, 3.8) is 0 Å². The predicted octanol–water partition coefficient (Wildman–Crippen LogP) is 3.36. The van der Waals surface area contributed by atoms with Gasteiger partial charge in [-0.25, -0.2) is 4.98 Å². The summed E-state index contributed by atoms with van der Waals surface area (Å²) >= 11 is 0. The molecule has 0 saturated heterocycles. The summed E-state index contributed by atoms with van der Waals surface area (Å²) in [4.78, 5) is 9.06. The first-order valence-electron chi connectivity index (χ1n) is 7.14. The van der Waals surface area contributed by atoms with Crippen LogP contribution in [0.4, 0.5) is 5.82 Å². The average molecular weight is 269 g/mol. The molecule has 1 aliphatic carbocycles. The molecule has 0 unspecified atom stereocenters. The second-order valence-electron chi connectivity index (χ2n) is 5.00. The molecule has 1 aromatic heterocycles. The van der Waals surface area contributed by atoms with Crippen LogP contribution in [0.2, 0.25) is 0 Å². The van der Waals surface area contributed by atoms with E-state index in [1.165, 1.54) is 18.4 Å². The van der Waals surface area contributed by atoms with Crippen molar-refractivity contribution in [3.8, 4) is 5.88 Å². The largest absolute Gasteiger partial charge is 0.478 e. The molecule has 0 atom stereocenters. The molecule has 104 valence electrons. The molecule has 1 N–H and O–H groups in total. The molecular formula is C16H19N3O. The van der Waals surface area contributed by atoms with E-state index in [0.29, 0.717) is 18.4 Å². The third kappa shape index (κ3) is 3.26. The second-order valence-corrected chi connectivity index (χ2v) is 5.00. The topological polar surface area (TPSA) is 47.0 Å². The third-order valence-electron chi connectivity index (χ3n) is 3.27. The molecule has 0 spiro atoms. The lowest BCUT2D eigenvalue weighted by Gasteiger charge is -2.10. The van der Waals surface area contributed by atoms with Crippen LogP contribution in [0.25, 0.3) is 0 Å². The maximum Gasteiger partial charge on any atom is 0.218 e. The van der Waals surface area contributed by atoms with Gasteiger partial charge in [-0.05, 0) is 25.3 Å². The maximum atomic E-state index is 5.53. The minimum absolute atomic E-state index is 0.521. The molecule has 0 amide bonds. The van der Waals surface area contributed by atoms with E-state index in [1.807, 2.05) is 31.2 Å². The SMILES string of the molecule is CCOc1cc(NCc2ccccc2)nc(C2CC2)n1. The molecule has 3 rings (SSSR count). The Balaban J connectivity index is 1.74. The first-order chi connectivity index (χ1) is 9.85. The highest BCUT2D eigenvalue weighted by Gasteiger charge is 2.27. The fourth-order valence-corrected chi connectivity index (χ4v) is 2.07. The van der Waals surface area contributed by atoms with Crippen molar-refractivity contribution in [2.75, 3.05) is 11.9 Å². The summed E-state index contributed by atoms with van der Waals surface area (Å²) in [6.45, 7) is 3.35. The summed E-state index contributed by atoms with van der Waals surface area (Å²) in [5.41, 5.74) is 1.23. The number of hydrogen-bond donors (Lipinski definition) is 1. The zero-order chi connectivity index (χ0) is 13.8. The number of aromatic nitrogens is 2. The average Bonchev–Trinajstić information content (AvgIpc) is 3.31. The fraction of sp³-hybridized carbons (Fsp3) is 0.375. The van der Waals surface area contributed by atoms with E-state index in [1.54, 1.807) is 0 Å². The van der Waals surface area contributed by atoms with Crippen LogP contribution in [0.3, 0.4) is 0 Å². The maximum absolute atomic E-state index is 5.53. The molecule has 0 aliphatic heterocycles. The van der Waals surface area contributed by atoms with Gasteiger partial charge in [0.05, 0.1) is 6.61 Å². The number of nitrogens with zero attached hydrogens (tertiary/aromatic N) is 2. The Bertz CT molecular complexity index is 567. The number of hydrogen-bond acceptors (Lipinski definition) is 4. The van der Waals surface area contributed by atoms with Gasteiger partial charge in [-0.2, -0.15) is 4.98 Å². The molecule has 20 heavy (non-hydrogen) atoms. The normalized spacial score (nSPS) is 14.1. The van der Waals surface area contributed by atoms with Crippen molar-refractivity contribution in [2.45, 2.75) is 32.2 Å². The van der Waals surface area contributed by atoms with Crippen molar-refractivity contribution < 1.29 is 4.74 Å². The molecule has 0 bridgehead atoms. The zero-order valence-electron chi connectivity index (χ0n) is 11.7. The lowest BCUT2D eigenvalue weighted by atomic mass is 10.2. The van der Waals surface area contributed by atoms with Gasteiger partial charge in [0.15, 0.2) is 0 Å². The van der Waals surface area contributed by atoms with Crippen LogP contribution in [-0.4, -0.2) is 16.6 Å². The molecule has 1 saturated carbocycles. The Hall–Kier alpha value is -2.10. The number of benzene rings is 1. The van der Waals surface area contributed by atoms with E-state index in [9.17, 15) is 0 Å². The lowest BCUT2D eigenvalue weighted by molar-refractivity contribution is 0.325. The molecule has 1 fully saturated rings. The lowest BCUT2D eigenvalue weighted by Crippen LogP contribution is -2.06. The van der Waals surface area contributed by atoms with E-state index in [-0.39, 0.29) is 0 Å². The highest BCUT2D eigenvalue weighted by molar-refractivity contribution is 5.40. The van der Waals surface area contributed by atoms with Crippen LogP contribution in [0, 0.1) is 0 Å². The number of rotatable bonds is 6. The van der Waals surface area contributed by atoms with Gasteiger partial charge in [0.2, 0.25) is 5.88 Å². The van der Waals surface area contributed by atoms with E-state index >= 15 is 0 Å². The highest BCUT2D eigenvalue weighted by atomic mass is 16.5. The highest BCUT2D eigenvalue weighted by Crippen LogP contribution is 2.39. The summed E-state index contributed by atoms with van der Waals surface area (Å²) in [5, 5.41) is 3.35. The van der Waals surface area contributed by atoms with E-state index in [0.717, 1.165) is 18.2 Å². The van der Waals surface area contributed by atoms with Crippen LogP contribution in [0.5, 0.6) is 5.88 Å². The third-order valence-corrected chi connectivity index (χ3v) is 3.27. The first kappa shape index (κ1) is 12.9. The Labute approximate surface area is 119 Å². The van der Waals surface area contributed by atoms with Crippen molar-refractivity contribution in [1.29, 1.82) is 0 Å². The molecule has 0 radical (unpaired) electrons. The fourth-order valence-electron chi connectivity index (χ4n) is 2.07.